The Hall–Kier alpha value is -1.20. The molecule has 0 heterocycles. The quantitative estimate of drug-likeness (QED) is 0.639. The molecule has 19 heavy (non-hydrogen) atoms. The largest absolute Gasteiger partial charge is 0.383 e. The van der Waals surface area contributed by atoms with Gasteiger partial charge in [-0.15, -0.1) is 0 Å². The van der Waals surface area contributed by atoms with Crippen LogP contribution in [0.4, 0.5) is 4.39 Å². The van der Waals surface area contributed by atoms with Gasteiger partial charge in [0.2, 0.25) is 0 Å². The second-order valence-corrected chi connectivity index (χ2v) is 5.06. The molecule has 1 aliphatic rings. The standard InChI is InChI=1S/C14H19FN2OS/c1-18-9-8-16-14(19)17(12-6-7-12)10-11-4-2-3-5-13(11)15/h2-5,12H,6-10H2,1H3,(H,16,19). The van der Waals surface area contributed by atoms with Crippen LogP contribution in [-0.2, 0) is 11.3 Å². The molecular weight excluding hydrogens is 263 g/mol. The number of thiocarbonyl (C=S) groups is 1. The highest BCUT2D eigenvalue weighted by Crippen LogP contribution is 2.28. The molecule has 0 saturated heterocycles. The first-order valence-electron chi connectivity index (χ1n) is 6.49. The highest BCUT2D eigenvalue weighted by molar-refractivity contribution is 7.80. The zero-order valence-electron chi connectivity index (χ0n) is 11.1. The molecule has 0 aromatic heterocycles. The number of nitrogens with zero attached hydrogens (tertiary/aromatic N) is 1. The maximum Gasteiger partial charge on any atom is 0.169 e. The van der Waals surface area contributed by atoms with Crippen LogP contribution in [0.3, 0.4) is 0 Å². The number of nitrogens with one attached hydrogen (secondary N) is 1. The van der Waals surface area contributed by atoms with Crippen molar-refractivity contribution in [2.45, 2.75) is 25.4 Å². The molecule has 0 aliphatic heterocycles. The van der Waals surface area contributed by atoms with Gasteiger partial charge in [-0.25, -0.2) is 4.39 Å². The molecule has 1 fully saturated rings. The molecule has 0 amide bonds. The van der Waals surface area contributed by atoms with Crippen LogP contribution in [0, 0.1) is 5.82 Å². The van der Waals surface area contributed by atoms with Crippen molar-refractivity contribution in [3.63, 3.8) is 0 Å². The van der Waals surface area contributed by atoms with Crippen molar-refractivity contribution in [3.05, 3.63) is 35.6 Å². The maximum atomic E-state index is 13.7. The first kappa shape index (κ1) is 14.2. The lowest BCUT2D eigenvalue weighted by molar-refractivity contribution is 0.202. The van der Waals surface area contributed by atoms with Gasteiger partial charge in [-0.3, -0.25) is 0 Å². The van der Waals surface area contributed by atoms with E-state index in [4.69, 9.17) is 17.0 Å². The Morgan fingerprint density at radius 3 is 2.84 bits per heavy atom. The Balaban J connectivity index is 1.96. The van der Waals surface area contributed by atoms with Gasteiger partial charge in [0.25, 0.3) is 0 Å². The van der Waals surface area contributed by atoms with E-state index in [1.165, 1.54) is 6.07 Å². The molecule has 1 saturated carbocycles. The lowest BCUT2D eigenvalue weighted by Gasteiger charge is -2.26. The third-order valence-electron chi connectivity index (χ3n) is 3.13. The van der Waals surface area contributed by atoms with Crippen molar-refractivity contribution < 1.29 is 9.13 Å². The smallest absolute Gasteiger partial charge is 0.169 e. The predicted molar refractivity (Wildman–Crippen MR) is 77.4 cm³/mol. The van der Waals surface area contributed by atoms with Crippen LogP contribution < -0.4 is 5.32 Å². The van der Waals surface area contributed by atoms with E-state index in [0.717, 1.165) is 12.8 Å². The van der Waals surface area contributed by atoms with Crippen LogP contribution in [0.2, 0.25) is 0 Å². The molecule has 0 radical (unpaired) electrons. The first-order chi connectivity index (χ1) is 9.22. The second-order valence-electron chi connectivity index (χ2n) is 4.68. The summed E-state index contributed by atoms with van der Waals surface area (Å²) in [4.78, 5) is 2.07. The van der Waals surface area contributed by atoms with Gasteiger partial charge in [0, 0.05) is 31.8 Å². The van der Waals surface area contributed by atoms with E-state index < -0.39 is 0 Å². The normalized spacial score (nSPS) is 14.2. The highest BCUT2D eigenvalue weighted by atomic mass is 32.1. The van der Waals surface area contributed by atoms with E-state index in [-0.39, 0.29) is 5.82 Å². The van der Waals surface area contributed by atoms with Gasteiger partial charge in [-0.2, -0.15) is 0 Å². The van der Waals surface area contributed by atoms with Crippen molar-refractivity contribution in [1.29, 1.82) is 0 Å². The third-order valence-corrected chi connectivity index (χ3v) is 3.51. The van der Waals surface area contributed by atoms with Crippen LogP contribution >= 0.6 is 12.2 Å². The van der Waals surface area contributed by atoms with Crippen molar-refractivity contribution in [3.8, 4) is 0 Å². The molecule has 3 nitrogen and oxygen atoms in total. The summed E-state index contributed by atoms with van der Waals surface area (Å²) in [5, 5.41) is 3.84. The Morgan fingerprint density at radius 2 is 2.21 bits per heavy atom. The molecule has 5 heteroatoms. The van der Waals surface area contributed by atoms with Crippen LogP contribution in [0.15, 0.2) is 24.3 Å². The zero-order chi connectivity index (χ0) is 13.7. The first-order valence-corrected chi connectivity index (χ1v) is 6.90. The molecule has 1 aliphatic carbocycles. The number of benzene rings is 1. The lowest BCUT2D eigenvalue weighted by atomic mass is 10.2. The number of ether oxygens (including phenoxy) is 1. The van der Waals surface area contributed by atoms with Gasteiger partial charge in [-0.1, -0.05) is 18.2 Å². The van der Waals surface area contributed by atoms with E-state index in [1.54, 1.807) is 13.2 Å². The topological polar surface area (TPSA) is 24.5 Å². The molecule has 1 aromatic carbocycles. The van der Waals surface area contributed by atoms with Crippen LogP contribution in [-0.4, -0.2) is 36.3 Å². The summed E-state index contributed by atoms with van der Waals surface area (Å²) in [5.74, 6) is -0.173. The van der Waals surface area contributed by atoms with Crippen molar-refractivity contribution in [2.24, 2.45) is 0 Å². The SMILES string of the molecule is COCCNC(=S)N(Cc1ccccc1F)C1CC1. The summed E-state index contributed by atoms with van der Waals surface area (Å²) in [6.45, 7) is 1.81. The van der Waals surface area contributed by atoms with Crippen LogP contribution in [0.25, 0.3) is 0 Å². The van der Waals surface area contributed by atoms with Crippen molar-refractivity contribution in [2.75, 3.05) is 20.3 Å². The maximum absolute atomic E-state index is 13.7. The van der Waals surface area contributed by atoms with Crippen LogP contribution in [0.1, 0.15) is 18.4 Å². The summed E-state index contributed by atoms with van der Waals surface area (Å²) in [6, 6.07) is 7.30. The summed E-state index contributed by atoms with van der Waals surface area (Å²) < 4.78 is 18.7. The van der Waals surface area contributed by atoms with Gasteiger partial charge in [-0.05, 0) is 31.1 Å². The molecule has 104 valence electrons. The number of hydrogen-bond donors (Lipinski definition) is 1. The molecule has 1 aromatic rings. The summed E-state index contributed by atoms with van der Waals surface area (Å²) in [7, 11) is 1.66. The zero-order valence-corrected chi connectivity index (χ0v) is 11.9. The minimum atomic E-state index is -0.173. The van der Waals surface area contributed by atoms with Crippen molar-refractivity contribution >= 4 is 17.3 Å². The van der Waals surface area contributed by atoms with E-state index >= 15 is 0 Å². The molecular formula is C14H19FN2OS. The fourth-order valence-corrected chi connectivity index (χ4v) is 2.24. The fraction of sp³-hybridized carbons (Fsp3) is 0.500. The summed E-state index contributed by atoms with van der Waals surface area (Å²) in [5.41, 5.74) is 0.685. The fourth-order valence-electron chi connectivity index (χ4n) is 1.92. The minimum Gasteiger partial charge on any atom is -0.383 e. The predicted octanol–water partition coefficient (Wildman–Crippen LogP) is 2.31. The Kier molecular flexibility index (Phi) is 5.10. The van der Waals surface area contributed by atoms with Gasteiger partial charge < -0.3 is 15.0 Å². The third kappa shape index (κ3) is 4.14. The van der Waals surface area contributed by atoms with Gasteiger partial charge >= 0.3 is 0 Å². The highest BCUT2D eigenvalue weighted by Gasteiger charge is 2.31. The Bertz CT molecular complexity index is 437. The van der Waals surface area contributed by atoms with Crippen LogP contribution in [0.5, 0.6) is 0 Å². The molecule has 1 N–H and O–H groups in total. The molecule has 0 bridgehead atoms. The minimum absolute atomic E-state index is 0.173. The molecule has 2 rings (SSSR count). The van der Waals surface area contributed by atoms with E-state index in [2.05, 4.69) is 10.2 Å². The second kappa shape index (κ2) is 6.82. The molecule has 0 spiro atoms. The van der Waals surface area contributed by atoms with Gasteiger partial charge in [0.05, 0.1) is 6.61 Å². The average Bonchev–Trinajstić information content (AvgIpc) is 3.22. The monoisotopic (exact) mass is 282 g/mol. The molecule has 0 unspecified atom stereocenters. The van der Waals surface area contributed by atoms with E-state index in [9.17, 15) is 4.39 Å². The van der Waals surface area contributed by atoms with Crippen molar-refractivity contribution in [1.82, 2.24) is 10.2 Å². The summed E-state index contributed by atoms with van der Waals surface area (Å²) in [6.07, 6.45) is 2.25. The number of methoxy groups -OCH3 is 1. The number of hydrogen-bond acceptors (Lipinski definition) is 2. The average molecular weight is 282 g/mol. The lowest BCUT2D eigenvalue weighted by Crippen LogP contribution is -2.42. The van der Waals surface area contributed by atoms with Gasteiger partial charge in [0.15, 0.2) is 5.11 Å². The summed E-state index contributed by atoms with van der Waals surface area (Å²) >= 11 is 5.38. The Labute approximate surface area is 118 Å². The Morgan fingerprint density at radius 1 is 1.47 bits per heavy atom. The number of rotatable bonds is 6. The molecule has 0 atom stereocenters. The number of halogens is 1. The van der Waals surface area contributed by atoms with E-state index in [0.29, 0.717) is 36.4 Å². The van der Waals surface area contributed by atoms with E-state index in [1.807, 2.05) is 12.1 Å². The van der Waals surface area contributed by atoms with Gasteiger partial charge in [0.1, 0.15) is 5.82 Å².